The molecule has 0 saturated heterocycles. The lowest BCUT2D eigenvalue weighted by atomic mass is 10.2. The van der Waals surface area contributed by atoms with Crippen molar-refractivity contribution in [3.8, 4) is 5.75 Å². The first-order chi connectivity index (χ1) is 9.26. The second-order valence-corrected chi connectivity index (χ2v) is 4.38. The highest BCUT2D eigenvalue weighted by Crippen LogP contribution is 2.11. The SMILES string of the molecule is CCCCNC(=O)NCCOc1ccc(CC)cc1. The Balaban J connectivity index is 2.11. The normalized spacial score (nSPS) is 10.0. The molecule has 4 heteroatoms. The van der Waals surface area contributed by atoms with E-state index in [0.717, 1.165) is 31.6 Å². The van der Waals surface area contributed by atoms with Crippen molar-refractivity contribution in [3.05, 3.63) is 29.8 Å². The van der Waals surface area contributed by atoms with Gasteiger partial charge in [0.1, 0.15) is 12.4 Å². The molecule has 0 heterocycles. The number of unbranched alkanes of at least 4 members (excludes halogenated alkanes) is 1. The number of benzene rings is 1. The fraction of sp³-hybridized carbons (Fsp3) is 0.533. The molecule has 2 N–H and O–H groups in total. The number of carbonyl (C=O) groups excluding carboxylic acids is 1. The van der Waals surface area contributed by atoms with Crippen molar-refractivity contribution in [2.45, 2.75) is 33.1 Å². The van der Waals surface area contributed by atoms with Crippen LogP contribution in [0.2, 0.25) is 0 Å². The molecule has 1 aromatic carbocycles. The van der Waals surface area contributed by atoms with Gasteiger partial charge < -0.3 is 15.4 Å². The Hall–Kier alpha value is -1.71. The lowest BCUT2D eigenvalue weighted by Gasteiger charge is -2.09. The van der Waals surface area contributed by atoms with E-state index in [1.54, 1.807) is 0 Å². The van der Waals surface area contributed by atoms with Crippen molar-refractivity contribution in [3.63, 3.8) is 0 Å². The molecule has 106 valence electrons. The monoisotopic (exact) mass is 264 g/mol. The zero-order valence-corrected chi connectivity index (χ0v) is 11.9. The number of rotatable bonds is 8. The molecule has 4 nitrogen and oxygen atoms in total. The molecule has 0 aliphatic heterocycles. The van der Waals surface area contributed by atoms with Crippen molar-refractivity contribution in [1.82, 2.24) is 10.6 Å². The second kappa shape index (κ2) is 9.25. The van der Waals surface area contributed by atoms with E-state index in [-0.39, 0.29) is 6.03 Å². The number of aryl methyl sites for hydroxylation is 1. The van der Waals surface area contributed by atoms with Crippen molar-refractivity contribution in [1.29, 1.82) is 0 Å². The van der Waals surface area contributed by atoms with Crippen LogP contribution in [0, 0.1) is 0 Å². The van der Waals surface area contributed by atoms with E-state index >= 15 is 0 Å². The summed E-state index contributed by atoms with van der Waals surface area (Å²) < 4.78 is 5.54. The Morgan fingerprint density at radius 2 is 1.79 bits per heavy atom. The van der Waals surface area contributed by atoms with Crippen LogP contribution < -0.4 is 15.4 Å². The Kier molecular flexibility index (Phi) is 7.47. The molecule has 2 amide bonds. The molecule has 0 spiro atoms. The van der Waals surface area contributed by atoms with Gasteiger partial charge in [-0.25, -0.2) is 4.79 Å². The molecular formula is C15H24N2O2. The first kappa shape index (κ1) is 15.3. The van der Waals surface area contributed by atoms with Gasteiger partial charge in [-0.3, -0.25) is 0 Å². The Labute approximate surface area is 115 Å². The summed E-state index contributed by atoms with van der Waals surface area (Å²) in [7, 11) is 0. The van der Waals surface area contributed by atoms with Crippen molar-refractivity contribution < 1.29 is 9.53 Å². The summed E-state index contributed by atoms with van der Waals surface area (Å²) in [5, 5.41) is 5.55. The van der Waals surface area contributed by atoms with Gasteiger partial charge in [0.25, 0.3) is 0 Å². The third-order valence-corrected chi connectivity index (χ3v) is 2.80. The van der Waals surface area contributed by atoms with Gasteiger partial charge in [0.15, 0.2) is 0 Å². The number of amides is 2. The van der Waals surface area contributed by atoms with Crippen molar-refractivity contribution in [2.24, 2.45) is 0 Å². The second-order valence-electron chi connectivity index (χ2n) is 4.38. The molecule has 0 radical (unpaired) electrons. The summed E-state index contributed by atoms with van der Waals surface area (Å²) in [6.07, 6.45) is 3.12. The zero-order valence-electron chi connectivity index (χ0n) is 11.9. The van der Waals surface area contributed by atoms with Crippen LogP contribution in [0.25, 0.3) is 0 Å². The van der Waals surface area contributed by atoms with Crippen molar-refractivity contribution >= 4 is 6.03 Å². The Bertz CT molecular complexity index is 363. The maximum Gasteiger partial charge on any atom is 0.314 e. The van der Waals surface area contributed by atoms with Gasteiger partial charge in [-0.15, -0.1) is 0 Å². The predicted octanol–water partition coefficient (Wildman–Crippen LogP) is 2.73. The van der Waals surface area contributed by atoms with Crippen LogP contribution in [-0.2, 0) is 6.42 Å². The molecule has 0 atom stereocenters. The van der Waals surface area contributed by atoms with Crippen LogP contribution in [0.4, 0.5) is 4.79 Å². The quantitative estimate of drug-likeness (QED) is 0.709. The minimum absolute atomic E-state index is 0.126. The maximum absolute atomic E-state index is 11.3. The highest BCUT2D eigenvalue weighted by molar-refractivity contribution is 5.73. The zero-order chi connectivity index (χ0) is 13.9. The first-order valence-corrected chi connectivity index (χ1v) is 6.99. The number of nitrogens with one attached hydrogen (secondary N) is 2. The summed E-state index contributed by atoms with van der Waals surface area (Å²) in [6.45, 7) is 5.93. The highest BCUT2D eigenvalue weighted by Gasteiger charge is 1.98. The number of hydrogen-bond acceptors (Lipinski definition) is 2. The number of urea groups is 1. The van der Waals surface area contributed by atoms with Gasteiger partial charge >= 0.3 is 6.03 Å². The van der Waals surface area contributed by atoms with Gasteiger partial charge in [-0.05, 0) is 30.5 Å². The lowest BCUT2D eigenvalue weighted by molar-refractivity contribution is 0.236. The largest absolute Gasteiger partial charge is 0.492 e. The minimum atomic E-state index is -0.126. The lowest BCUT2D eigenvalue weighted by Crippen LogP contribution is -2.38. The average molecular weight is 264 g/mol. The van der Waals surface area contributed by atoms with Crippen molar-refractivity contribution in [2.75, 3.05) is 19.7 Å². The molecule has 0 aliphatic rings. The van der Waals surface area contributed by atoms with Crippen LogP contribution in [-0.4, -0.2) is 25.7 Å². The van der Waals surface area contributed by atoms with Crippen LogP contribution in [0.5, 0.6) is 5.75 Å². The third kappa shape index (κ3) is 6.70. The Morgan fingerprint density at radius 3 is 2.42 bits per heavy atom. The standard InChI is InChI=1S/C15H24N2O2/c1-3-5-10-16-15(18)17-11-12-19-14-8-6-13(4-2)7-9-14/h6-9H,3-5,10-12H2,1-2H3,(H2,16,17,18). The molecule has 0 aromatic heterocycles. The summed E-state index contributed by atoms with van der Waals surface area (Å²) in [6, 6.07) is 7.90. The first-order valence-electron chi connectivity index (χ1n) is 6.99. The fourth-order valence-corrected chi connectivity index (χ4v) is 1.60. The topological polar surface area (TPSA) is 50.4 Å². The van der Waals surface area contributed by atoms with Gasteiger partial charge in [0, 0.05) is 6.54 Å². The predicted molar refractivity (Wildman–Crippen MR) is 77.6 cm³/mol. The van der Waals surface area contributed by atoms with Crippen LogP contribution in [0.15, 0.2) is 24.3 Å². The van der Waals surface area contributed by atoms with E-state index in [4.69, 9.17) is 4.74 Å². The van der Waals surface area contributed by atoms with Crippen LogP contribution in [0.3, 0.4) is 0 Å². The molecule has 1 aromatic rings. The fourth-order valence-electron chi connectivity index (χ4n) is 1.60. The number of carbonyl (C=O) groups is 1. The molecular weight excluding hydrogens is 240 g/mol. The molecule has 19 heavy (non-hydrogen) atoms. The smallest absolute Gasteiger partial charge is 0.314 e. The van der Waals surface area contributed by atoms with Crippen LogP contribution in [0.1, 0.15) is 32.3 Å². The summed E-state index contributed by atoms with van der Waals surface area (Å²) in [5.74, 6) is 0.838. The van der Waals surface area contributed by atoms with Crippen LogP contribution >= 0.6 is 0 Å². The summed E-state index contributed by atoms with van der Waals surface area (Å²) in [4.78, 5) is 11.3. The highest BCUT2D eigenvalue weighted by atomic mass is 16.5. The van der Waals surface area contributed by atoms with Gasteiger partial charge in [-0.2, -0.15) is 0 Å². The number of ether oxygens (including phenoxy) is 1. The molecule has 1 rings (SSSR count). The molecule has 0 bridgehead atoms. The number of hydrogen-bond donors (Lipinski definition) is 2. The molecule has 0 fully saturated rings. The van der Waals surface area contributed by atoms with E-state index in [1.165, 1.54) is 5.56 Å². The molecule has 0 aliphatic carbocycles. The van der Waals surface area contributed by atoms with E-state index < -0.39 is 0 Å². The maximum atomic E-state index is 11.3. The van der Waals surface area contributed by atoms with E-state index in [9.17, 15) is 4.79 Å². The van der Waals surface area contributed by atoms with Gasteiger partial charge in [0.05, 0.1) is 6.54 Å². The molecule has 0 saturated carbocycles. The molecule has 0 unspecified atom stereocenters. The van der Waals surface area contributed by atoms with E-state index in [2.05, 4.69) is 36.6 Å². The minimum Gasteiger partial charge on any atom is -0.492 e. The van der Waals surface area contributed by atoms with E-state index in [0.29, 0.717) is 13.2 Å². The third-order valence-electron chi connectivity index (χ3n) is 2.80. The van der Waals surface area contributed by atoms with E-state index in [1.807, 2.05) is 12.1 Å². The Morgan fingerprint density at radius 1 is 1.11 bits per heavy atom. The average Bonchev–Trinajstić information content (AvgIpc) is 2.44. The summed E-state index contributed by atoms with van der Waals surface area (Å²) in [5.41, 5.74) is 1.29. The summed E-state index contributed by atoms with van der Waals surface area (Å²) >= 11 is 0. The van der Waals surface area contributed by atoms with Gasteiger partial charge in [0.2, 0.25) is 0 Å². The van der Waals surface area contributed by atoms with Gasteiger partial charge in [-0.1, -0.05) is 32.4 Å².